The van der Waals surface area contributed by atoms with Gasteiger partial charge in [-0.2, -0.15) is 0 Å². The maximum atomic E-state index is 13.1. The number of carbonyl (C=O) groups is 2. The predicted octanol–water partition coefficient (Wildman–Crippen LogP) is 2.47. The lowest BCUT2D eigenvalue weighted by Gasteiger charge is -2.35. The summed E-state index contributed by atoms with van der Waals surface area (Å²) in [6.07, 6.45) is 3.15. The van der Waals surface area contributed by atoms with E-state index < -0.39 is 5.82 Å². The van der Waals surface area contributed by atoms with E-state index in [9.17, 15) is 14.0 Å². The first-order chi connectivity index (χ1) is 11.6. The number of hydrogen-bond donors (Lipinski definition) is 0. The van der Waals surface area contributed by atoms with Gasteiger partial charge in [-0.25, -0.2) is 4.39 Å². The standard InChI is InChI=1S/C17H15ClFN3O2/c18-15-11-13(19)1-2-14(15)17(24)22-9-7-21(8-10-22)16(23)12-3-5-20-6-4-12/h1-6,11H,7-10H2. The molecule has 1 aromatic carbocycles. The molecule has 1 saturated heterocycles. The van der Waals surface area contributed by atoms with E-state index in [0.717, 1.165) is 6.07 Å². The van der Waals surface area contributed by atoms with Crippen LogP contribution in [0.15, 0.2) is 42.7 Å². The zero-order valence-corrected chi connectivity index (χ0v) is 13.5. The van der Waals surface area contributed by atoms with Gasteiger partial charge in [0.05, 0.1) is 10.6 Å². The summed E-state index contributed by atoms with van der Waals surface area (Å²) in [5, 5.41) is 0.0929. The van der Waals surface area contributed by atoms with Crippen molar-refractivity contribution in [2.75, 3.05) is 26.2 Å². The zero-order valence-electron chi connectivity index (χ0n) is 12.8. The molecule has 1 aliphatic rings. The van der Waals surface area contributed by atoms with Crippen molar-refractivity contribution in [3.63, 3.8) is 0 Å². The fraction of sp³-hybridized carbons (Fsp3) is 0.235. The van der Waals surface area contributed by atoms with Gasteiger partial charge in [0.15, 0.2) is 0 Å². The number of benzene rings is 1. The van der Waals surface area contributed by atoms with Gasteiger partial charge in [0.25, 0.3) is 11.8 Å². The SMILES string of the molecule is O=C(c1ccncc1)N1CCN(C(=O)c2ccc(F)cc2Cl)CC1. The first-order valence-corrected chi connectivity index (χ1v) is 7.87. The summed E-state index contributed by atoms with van der Waals surface area (Å²) in [4.78, 5) is 32.1. The van der Waals surface area contributed by atoms with Gasteiger partial charge >= 0.3 is 0 Å². The molecular formula is C17H15ClFN3O2. The minimum Gasteiger partial charge on any atom is -0.335 e. The Hall–Kier alpha value is -2.47. The summed E-state index contributed by atoms with van der Waals surface area (Å²) in [5.41, 5.74) is 0.846. The lowest BCUT2D eigenvalue weighted by Crippen LogP contribution is -2.50. The van der Waals surface area contributed by atoms with Crippen molar-refractivity contribution >= 4 is 23.4 Å². The first-order valence-electron chi connectivity index (χ1n) is 7.50. The zero-order chi connectivity index (χ0) is 17.1. The number of halogens is 2. The number of carbonyl (C=O) groups excluding carboxylic acids is 2. The fourth-order valence-corrected chi connectivity index (χ4v) is 2.87. The predicted molar refractivity (Wildman–Crippen MR) is 87.5 cm³/mol. The molecule has 0 aliphatic carbocycles. The van der Waals surface area contributed by atoms with E-state index in [1.165, 1.54) is 12.1 Å². The van der Waals surface area contributed by atoms with Gasteiger partial charge in [0.1, 0.15) is 5.82 Å². The van der Waals surface area contributed by atoms with Crippen molar-refractivity contribution in [2.45, 2.75) is 0 Å². The van der Waals surface area contributed by atoms with Gasteiger partial charge in [0.2, 0.25) is 0 Å². The average molecular weight is 348 g/mol. The van der Waals surface area contributed by atoms with E-state index in [0.29, 0.717) is 31.7 Å². The Balaban J connectivity index is 1.64. The third-order valence-corrected chi connectivity index (χ3v) is 4.26. The second-order valence-corrected chi connectivity index (χ2v) is 5.85. The minimum atomic E-state index is -0.482. The molecule has 2 amide bonds. The Labute approximate surface area is 143 Å². The van der Waals surface area contributed by atoms with E-state index in [1.54, 1.807) is 34.3 Å². The van der Waals surface area contributed by atoms with Crippen LogP contribution in [0, 0.1) is 5.82 Å². The Morgan fingerprint density at radius 2 is 1.54 bits per heavy atom. The van der Waals surface area contributed by atoms with E-state index in [-0.39, 0.29) is 22.4 Å². The van der Waals surface area contributed by atoms with E-state index in [4.69, 9.17) is 11.6 Å². The minimum absolute atomic E-state index is 0.0793. The van der Waals surface area contributed by atoms with Crippen LogP contribution < -0.4 is 0 Å². The van der Waals surface area contributed by atoms with E-state index >= 15 is 0 Å². The third-order valence-electron chi connectivity index (χ3n) is 3.94. The van der Waals surface area contributed by atoms with Crippen molar-refractivity contribution in [1.82, 2.24) is 14.8 Å². The number of nitrogens with zero attached hydrogens (tertiary/aromatic N) is 3. The molecule has 0 atom stereocenters. The maximum Gasteiger partial charge on any atom is 0.255 e. The summed E-state index contributed by atoms with van der Waals surface area (Å²) < 4.78 is 13.1. The molecule has 0 spiro atoms. The van der Waals surface area contributed by atoms with Gasteiger partial charge in [-0.1, -0.05) is 11.6 Å². The summed E-state index contributed by atoms with van der Waals surface area (Å²) >= 11 is 5.94. The van der Waals surface area contributed by atoms with Crippen LogP contribution in [0.25, 0.3) is 0 Å². The summed E-state index contributed by atoms with van der Waals surface area (Å²) in [7, 11) is 0. The topological polar surface area (TPSA) is 53.5 Å². The Bertz CT molecular complexity index is 762. The monoisotopic (exact) mass is 347 g/mol. The van der Waals surface area contributed by atoms with Gasteiger partial charge in [0, 0.05) is 44.1 Å². The van der Waals surface area contributed by atoms with Crippen molar-refractivity contribution in [1.29, 1.82) is 0 Å². The molecule has 24 heavy (non-hydrogen) atoms. The molecule has 0 saturated carbocycles. The number of aromatic nitrogens is 1. The molecule has 0 N–H and O–H groups in total. The molecule has 5 nitrogen and oxygen atoms in total. The molecule has 0 radical (unpaired) electrons. The number of amides is 2. The molecular weight excluding hydrogens is 333 g/mol. The van der Waals surface area contributed by atoms with Crippen molar-refractivity contribution < 1.29 is 14.0 Å². The molecule has 1 aromatic heterocycles. The molecule has 2 aromatic rings. The van der Waals surface area contributed by atoms with Gasteiger partial charge in [-0.3, -0.25) is 14.6 Å². The molecule has 2 heterocycles. The highest BCUT2D eigenvalue weighted by Crippen LogP contribution is 2.20. The largest absolute Gasteiger partial charge is 0.335 e. The third kappa shape index (κ3) is 3.38. The summed E-state index contributed by atoms with van der Waals surface area (Å²) in [6, 6.07) is 7.05. The quantitative estimate of drug-likeness (QED) is 0.838. The molecule has 0 bridgehead atoms. The highest BCUT2D eigenvalue weighted by Gasteiger charge is 2.26. The van der Waals surface area contributed by atoms with Gasteiger partial charge < -0.3 is 9.80 Å². The second-order valence-electron chi connectivity index (χ2n) is 5.44. The molecule has 1 aliphatic heterocycles. The smallest absolute Gasteiger partial charge is 0.255 e. The molecule has 124 valence electrons. The molecule has 3 rings (SSSR count). The molecule has 1 fully saturated rings. The maximum absolute atomic E-state index is 13.1. The van der Waals surface area contributed by atoms with Gasteiger partial charge in [-0.05, 0) is 30.3 Å². The van der Waals surface area contributed by atoms with Crippen LogP contribution in [-0.2, 0) is 0 Å². The number of rotatable bonds is 2. The summed E-state index contributed by atoms with van der Waals surface area (Å²) in [5.74, 6) is -0.815. The lowest BCUT2D eigenvalue weighted by molar-refractivity contribution is 0.0535. The normalized spacial score (nSPS) is 14.6. The van der Waals surface area contributed by atoms with Crippen LogP contribution in [0.3, 0.4) is 0 Å². The van der Waals surface area contributed by atoms with Crippen molar-refractivity contribution in [3.8, 4) is 0 Å². The van der Waals surface area contributed by atoms with Gasteiger partial charge in [-0.15, -0.1) is 0 Å². The highest BCUT2D eigenvalue weighted by molar-refractivity contribution is 6.33. The van der Waals surface area contributed by atoms with E-state index in [2.05, 4.69) is 4.98 Å². The van der Waals surface area contributed by atoms with Crippen LogP contribution in [-0.4, -0.2) is 52.8 Å². The van der Waals surface area contributed by atoms with E-state index in [1.807, 2.05) is 0 Å². The molecule has 0 unspecified atom stereocenters. The number of pyridine rings is 1. The number of hydrogen-bond acceptors (Lipinski definition) is 3. The van der Waals surface area contributed by atoms with Crippen LogP contribution >= 0.6 is 11.6 Å². The first kappa shape index (κ1) is 16.4. The average Bonchev–Trinajstić information content (AvgIpc) is 2.61. The van der Waals surface area contributed by atoms with Crippen molar-refractivity contribution in [3.05, 3.63) is 64.7 Å². The van der Waals surface area contributed by atoms with Crippen LogP contribution in [0.2, 0.25) is 5.02 Å². The lowest BCUT2D eigenvalue weighted by atomic mass is 10.1. The summed E-state index contributed by atoms with van der Waals surface area (Å²) in [6.45, 7) is 1.68. The fourth-order valence-electron chi connectivity index (χ4n) is 2.62. The Morgan fingerprint density at radius 3 is 2.12 bits per heavy atom. The molecule has 7 heteroatoms. The number of piperazine rings is 1. The van der Waals surface area contributed by atoms with Crippen molar-refractivity contribution in [2.24, 2.45) is 0 Å². The second kappa shape index (κ2) is 6.97. The Morgan fingerprint density at radius 1 is 0.958 bits per heavy atom. The van der Waals surface area contributed by atoms with Crippen LogP contribution in [0.5, 0.6) is 0 Å². The highest BCUT2D eigenvalue weighted by atomic mass is 35.5. The van der Waals surface area contributed by atoms with Crippen LogP contribution in [0.4, 0.5) is 4.39 Å². The Kier molecular flexibility index (Phi) is 4.76. The van der Waals surface area contributed by atoms with Crippen LogP contribution in [0.1, 0.15) is 20.7 Å².